The molecule has 0 aromatic carbocycles. The highest BCUT2D eigenvalue weighted by Gasteiger charge is 2.38. The van der Waals surface area contributed by atoms with E-state index in [0.29, 0.717) is 22.9 Å². The van der Waals surface area contributed by atoms with Crippen LogP contribution in [0.5, 0.6) is 0 Å². The molecule has 1 heterocycles. The van der Waals surface area contributed by atoms with Crippen LogP contribution < -0.4 is 0 Å². The average Bonchev–Trinajstić information content (AvgIpc) is 2.14. The largest absolute Gasteiger partial charge is 0.300 e. The molecule has 0 bridgehead atoms. The third kappa shape index (κ3) is 3.73. The molecule has 0 aromatic heterocycles. The van der Waals surface area contributed by atoms with E-state index in [1.54, 1.807) is 0 Å². The van der Waals surface area contributed by atoms with Crippen LogP contribution in [0.3, 0.4) is 0 Å². The van der Waals surface area contributed by atoms with Gasteiger partial charge in [0.05, 0.1) is 0 Å². The van der Waals surface area contributed by atoms with E-state index in [4.69, 9.17) is 0 Å². The first-order valence-electron chi connectivity index (χ1n) is 7.81. The summed E-state index contributed by atoms with van der Waals surface area (Å²) >= 11 is 0. The molecule has 1 rings (SSSR count). The molecule has 0 aromatic rings. The minimum Gasteiger partial charge on any atom is -0.300 e. The second kappa shape index (κ2) is 5.53. The van der Waals surface area contributed by atoms with E-state index in [1.807, 2.05) is 0 Å². The lowest BCUT2D eigenvalue weighted by molar-refractivity contribution is 0.0609. The Morgan fingerprint density at radius 3 is 2.06 bits per heavy atom. The fourth-order valence-corrected chi connectivity index (χ4v) is 4.78. The summed E-state index contributed by atoms with van der Waals surface area (Å²) in [7, 11) is 2.34. The summed E-state index contributed by atoms with van der Waals surface area (Å²) in [6, 6.07) is 1.40. The van der Waals surface area contributed by atoms with Crippen molar-refractivity contribution in [2.45, 2.75) is 86.2 Å². The second-order valence-corrected chi connectivity index (χ2v) is 8.31. The van der Waals surface area contributed by atoms with Crippen molar-refractivity contribution >= 4 is 0 Å². The zero-order chi connectivity index (χ0) is 14.1. The Balaban J connectivity index is 3.03. The third-order valence-corrected chi connectivity index (χ3v) is 5.10. The van der Waals surface area contributed by atoms with Gasteiger partial charge in [-0.1, -0.05) is 41.5 Å². The zero-order valence-electron chi connectivity index (χ0n) is 14.0. The predicted molar refractivity (Wildman–Crippen MR) is 81.9 cm³/mol. The summed E-state index contributed by atoms with van der Waals surface area (Å²) in [5, 5.41) is 0. The van der Waals surface area contributed by atoms with Gasteiger partial charge in [0, 0.05) is 12.1 Å². The summed E-state index contributed by atoms with van der Waals surface area (Å²) in [5.74, 6) is 0.836. The second-order valence-electron chi connectivity index (χ2n) is 8.31. The first-order valence-corrected chi connectivity index (χ1v) is 7.81. The Morgan fingerprint density at radius 1 is 1.00 bits per heavy atom. The molecule has 3 atom stereocenters. The highest BCUT2D eigenvalue weighted by molar-refractivity contribution is 4.91. The maximum Gasteiger partial charge on any atom is 0.0144 e. The summed E-state index contributed by atoms with van der Waals surface area (Å²) in [4.78, 5) is 2.65. The number of rotatable bonds is 1. The van der Waals surface area contributed by atoms with Crippen LogP contribution >= 0.6 is 0 Å². The van der Waals surface area contributed by atoms with Crippen LogP contribution in [0.1, 0.15) is 74.1 Å². The molecule has 1 aliphatic rings. The Hall–Kier alpha value is -0.0400. The molecule has 108 valence electrons. The average molecular weight is 253 g/mol. The van der Waals surface area contributed by atoms with Crippen LogP contribution in [0.25, 0.3) is 0 Å². The Kier molecular flexibility index (Phi) is 4.92. The SMILES string of the molecule is CCC1N(C)C(C)CC(C)(C)CC(C)CC1(C)C. The quantitative estimate of drug-likeness (QED) is 0.638. The maximum absolute atomic E-state index is 2.65. The predicted octanol–water partition coefficient (Wildman–Crippen LogP) is 4.96. The Bertz CT molecular complexity index is 267. The standard InChI is InChI=1S/C17H35N/c1-9-15-17(6,7)11-13(2)10-16(4,5)12-14(3)18(15)8/h13-15H,9-12H2,1-8H3. The molecular formula is C17H35N. The number of nitrogens with zero attached hydrogens (tertiary/aromatic N) is 1. The van der Waals surface area contributed by atoms with E-state index in [9.17, 15) is 0 Å². The van der Waals surface area contributed by atoms with Crippen molar-refractivity contribution in [2.75, 3.05) is 7.05 Å². The van der Waals surface area contributed by atoms with Gasteiger partial charge in [-0.15, -0.1) is 0 Å². The fraction of sp³-hybridized carbons (Fsp3) is 1.00. The van der Waals surface area contributed by atoms with E-state index in [1.165, 1.54) is 25.7 Å². The molecule has 0 aliphatic carbocycles. The summed E-state index contributed by atoms with van der Waals surface area (Å²) in [6.45, 7) is 17.1. The lowest BCUT2D eigenvalue weighted by Crippen LogP contribution is -2.47. The molecule has 0 spiro atoms. The van der Waals surface area contributed by atoms with Gasteiger partial charge in [-0.3, -0.25) is 0 Å². The monoisotopic (exact) mass is 253 g/mol. The Morgan fingerprint density at radius 2 is 1.56 bits per heavy atom. The minimum atomic E-state index is 0.428. The first-order chi connectivity index (χ1) is 8.09. The summed E-state index contributed by atoms with van der Waals surface area (Å²) < 4.78 is 0. The topological polar surface area (TPSA) is 3.24 Å². The molecule has 1 fully saturated rings. The van der Waals surface area contributed by atoms with Gasteiger partial charge in [0.1, 0.15) is 0 Å². The smallest absolute Gasteiger partial charge is 0.0144 e. The molecule has 1 saturated heterocycles. The first kappa shape index (κ1) is 16.0. The van der Waals surface area contributed by atoms with Crippen molar-refractivity contribution in [3.63, 3.8) is 0 Å². The molecule has 1 aliphatic heterocycles. The van der Waals surface area contributed by atoms with E-state index in [0.717, 1.165) is 5.92 Å². The van der Waals surface area contributed by atoms with Crippen molar-refractivity contribution < 1.29 is 0 Å². The van der Waals surface area contributed by atoms with Gasteiger partial charge >= 0.3 is 0 Å². The van der Waals surface area contributed by atoms with E-state index in [-0.39, 0.29) is 0 Å². The third-order valence-electron chi connectivity index (χ3n) is 5.10. The molecule has 1 nitrogen and oxygen atoms in total. The minimum absolute atomic E-state index is 0.428. The normalized spacial score (nSPS) is 37.7. The maximum atomic E-state index is 2.65. The van der Waals surface area contributed by atoms with Crippen molar-refractivity contribution in [1.82, 2.24) is 4.90 Å². The highest BCUT2D eigenvalue weighted by Crippen LogP contribution is 2.42. The fourth-order valence-electron chi connectivity index (χ4n) is 4.78. The molecule has 0 radical (unpaired) electrons. The van der Waals surface area contributed by atoms with Crippen molar-refractivity contribution in [3.8, 4) is 0 Å². The molecule has 0 amide bonds. The summed E-state index contributed by atoms with van der Waals surface area (Å²) in [6.07, 6.45) is 5.30. The lowest BCUT2D eigenvalue weighted by Gasteiger charge is -2.43. The molecule has 3 unspecified atom stereocenters. The molecule has 0 saturated carbocycles. The molecule has 1 heteroatoms. The van der Waals surface area contributed by atoms with E-state index >= 15 is 0 Å². The Labute approximate surface area is 115 Å². The van der Waals surface area contributed by atoms with Crippen molar-refractivity contribution in [3.05, 3.63) is 0 Å². The van der Waals surface area contributed by atoms with Gasteiger partial charge in [0.25, 0.3) is 0 Å². The number of hydrogen-bond donors (Lipinski definition) is 0. The number of hydrogen-bond acceptors (Lipinski definition) is 1. The van der Waals surface area contributed by atoms with Gasteiger partial charge < -0.3 is 4.90 Å². The van der Waals surface area contributed by atoms with Gasteiger partial charge in [-0.25, -0.2) is 0 Å². The van der Waals surface area contributed by atoms with Crippen LogP contribution in [0.15, 0.2) is 0 Å². The lowest BCUT2D eigenvalue weighted by atomic mass is 9.72. The van der Waals surface area contributed by atoms with Crippen LogP contribution in [0.2, 0.25) is 0 Å². The highest BCUT2D eigenvalue weighted by atomic mass is 15.2. The van der Waals surface area contributed by atoms with Crippen molar-refractivity contribution in [2.24, 2.45) is 16.7 Å². The van der Waals surface area contributed by atoms with Crippen LogP contribution in [-0.4, -0.2) is 24.0 Å². The van der Waals surface area contributed by atoms with Crippen LogP contribution in [0.4, 0.5) is 0 Å². The van der Waals surface area contributed by atoms with Gasteiger partial charge in [-0.05, 0) is 56.4 Å². The zero-order valence-corrected chi connectivity index (χ0v) is 14.0. The molecule has 18 heavy (non-hydrogen) atoms. The summed E-state index contributed by atoms with van der Waals surface area (Å²) in [5.41, 5.74) is 0.906. The van der Waals surface area contributed by atoms with E-state index in [2.05, 4.69) is 60.4 Å². The molecule has 0 N–H and O–H groups in total. The van der Waals surface area contributed by atoms with Crippen molar-refractivity contribution in [1.29, 1.82) is 0 Å². The van der Waals surface area contributed by atoms with Gasteiger partial charge in [0.15, 0.2) is 0 Å². The van der Waals surface area contributed by atoms with Gasteiger partial charge in [0.2, 0.25) is 0 Å². The van der Waals surface area contributed by atoms with Crippen LogP contribution in [-0.2, 0) is 0 Å². The van der Waals surface area contributed by atoms with E-state index < -0.39 is 0 Å². The van der Waals surface area contributed by atoms with Gasteiger partial charge in [-0.2, -0.15) is 0 Å². The molecular weight excluding hydrogens is 218 g/mol. The van der Waals surface area contributed by atoms with Crippen LogP contribution in [0, 0.1) is 16.7 Å².